The minimum absolute atomic E-state index is 0.101. The highest BCUT2D eigenvalue weighted by molar-refractivity contribution is 5.83. The second-order valence-electron chi connectivity index (χ2n) is 5.89. The number of rotatable bonds is 3. The van der Waals surface area contributed by atoms with Crippen LogP contribution in [0.15, 0.2) is 12.1 Å². The number of nitrogens with one attached hydrogen (secondary N) is 1. The van der Waals surface area contributed by atoms with Crippen LogP contribution in [0.3, 0.4) is 0 Å². The Hall–Kier alpha value is -1.55. The van der Waals surface area contributed by atoms with Crippen LogP contribution in [0.1, 0.15) is 30.5 Å². The third-order valence-corrected chi connectivity index (χ3v) is 3.50. The maximum atomic E-state index is 12.1. The third kappa shape index (κ3) is 2.89. The van der Waals surface area contributed by atoms with Gasteiger partial charge in [0.25, 0.3) is 5.91 Å². The molecule has 0 bridgehead atoms. The predicted octanol–water partition coefficient (Wildman–Crippen LogP) is 1.49. The van der Waals surface area contributed by atoms with Crippen LogP contribution in [0.2, 0.25) is 0 Å². The van der Waals surface area contributed by atoms with Gasteiger partial charge in [0.05, 0.1) is 12.1 Å². The van der Waals surface area contributed by atoms with Crippen molar-refractivity contribution in [2.24, 2.45) is 0 Å². The van der Waals surface area contributed by atoms with Crippen LogP contribution in [-0.2, 0) is 11.2 Å². The second kappa shape index (κ2) is 4.85. The van der Waals surface area contributed by atoms with Gasteiger partial charge in [0.2, 0.25) is 0 Å². The molecule has 0 saturated heterocycles. The highest BCUT2D eigenvalue weighted by atomic mass is 16.5. The van der Waals surface area contributed by atoms with Gasteiger partial charge in [-0.15, -0.1) is 0 Å². The Morgan fingerprint density at radius 1 is 1.42 bits per heavy atom. The molecular weight excluding hydrogens is 242 g/mol. The first-order valence-electron chi connectivity index (χ1n) is 6.52. The van der Waals surface area contributed by atoms with Crippen LogP contribution in [-0.4, -0.2) is 29.3 Å². The van der Waals surface area contributed by atoms with Gasteiger partial charge in [0.1, 0.15) is 5.75 Å². The number of aliphatic hydroxyl groups is 1. The molecule has 1 amide bonds. The molecule has 0 saturated carbocycles. The molecule has 0 spiro atoms. The molecule has 0 aromatic heterocycles. The van der Waals surface area contributed by atoms with Crippen molar-refractivity contribution in [1.82, 2.24) is 5.32 Å². The van der Waals surface area contributed by atoms with E-state index in [1.165, 1.54) is 5.56 Å². The highest BCUT2D eigenvalue weighted by Gasteiger charge is 2.32. The zero-order chi connectivity index (χ0) is 14.2. The first-order valence-corrected chi connectivity index (χ1v) is 6.52. The number of fused-ring (bicyclic) bond motifs is 1. The average Bonchev–Trinajstić information content (AvgIpc) is 2.72. The van der Waals surface area contributed by atoms with Crippen LogP contribution in [0.25, 0.3) is 0 Å². The average molecular weight is 263 g/mol. The fourth-order valence-corrected chi connectivity index (χ4v) is 2.11. The van der Waals surface area contributed by atoms with Gasteiger partial charge in [0, 0.05) is 6.42 Å². The zero-order valence-electron chi connectivity index (χ0n) is 11.9. The lowest BCUT2D eigenvalue weighted by Gasteiger charge is -2.25. The van der Waals surface area contributed by atoms with Crippen molar-refractivity contribution in [3.8, 4) is 5.75 Å². The summed E-state index contributed by atoms with van der Waals surface area (Å²) in [5.41, 5.74) is 2.82. The van der Waals surface area contributed by atoms with E-state index in [4.69, 9.17) is 4.74 Å². The summed E-state index contributed by atoms with van der Waals surface area (Å²) in [5, 5.41) is 12.0. The first-order chi connectivity index (χ1) is 8.82. The van der Waals surface area contributed by atoms with Gasteiger partial charge >= 0.3 is 0 Å². The van der Waals surface area contributed by atoms with Crippen LogP contribution in [0.5, 0.6) is 5.75 Å². The van der Waals surface area contributed by atoms with E-state index in [9.17, 15) is 9.90 Å². The molecule has 19 heavy (non-hydrogen) atoms. The van der Waals surface area contributed by atoms with Crippen LogP contribution < -0.4 is 10.1 Å². The number of hydrogen-bond acceptors (Lipinski definition) is 3. The number of amides is 1. The zero-order valence-corrected chi connectivity index (χ0v) is 11.9. The molecule has 2 rings (SSSR count). The van der Waals surface area contributed by atoms with E-state index in [1.807, 2.05) is 13.0 Å². The monoisotopic (exact) mass is 263 g/mol. The lowest BCUT2D eigenvalue weighted by molar-refractivity contribution is -0.129. The molecule has 0 radical (unpaired) electrons. The Morgan fingerprint density at radius 3 is 2.68 bits per heavy atom. The van der Waals surface area contributed by atoms with Crippen LogP contribution in [0, 0.1) is 13.8 Å². The molecule has 0 fully saturated rings. The second-order valence-corrected chi connectivity index (χ2v) is 5.89. The minimum atomic E-state index is -0.624. The summed E-state index contributed by atoms with van der Waals surface area (Å²) in [6, 6.07) is 4.06. The lowest BCUT2D eigenvalue weighted by atomic mass is 10.0. The van der Waals surface area contributed by atoms with Gasteiger partial charge in [-0.05, 0) is 50.5 Å². The number of carbonyl (C=O) groups excluding carboxylic acids is 1. The molecule has 1 unspecified atom stereocenters. The molecule has 1 atom stereocenters. The Balaban J connectivity index is 2.10. The SMILES string of the molecule is Cc1cc2c(cc1C)OC(C(=O)NC(C)(C)CO)C2. The van der Waals surface area contributed by atoms with Gasteiger partial charge < -0.3 is 15.2 Å². The highest BCUT2D eigenvalue weighted by Crippen LogP contribution is 2.31. The molecular formula is C15H21NO3. The van der Waals surface area contributed by atoms with Crippen molar-refractivity contribution in [3.05, 3.63) is 28.8 Å². The van der Waals surface area contributed by atoms with E-state index in [0.29, 0.717) is 6.42 Å². The molecule has 1 aromatic rings. The number of hydrogen-bond donors (Lipinski definition) is 2. The summed E-state index contributed by atoms with van der Waals surface area (Å²) in [5.74, 6) is 0.621. The summed E-state index contributed by atoms with van der Waals surface area (Å²) in [6.45, 7) is 7.54. The van der Waals surface area contributed by atoms with Crippen LogP contribution in [0.4, 0.5) is 0 Å². The molecule has 4 heteroatoms. The summed E-state index contributed by atoms with van der Waals surface area (Å²) >= 11 is 0. The fourth-order valence-electron chi connectivity index (χ4n) is 2.11. The van der Waals surface area contributed by atoms with Crippen molar-refractivity contribution in [3.63, 3.8) is 0 Å². The topological polar surface area (TPSA) is 58.6 Å². The van der Waals surface area contributed by atoms with E-state index in [-0.39, 0.29) is 12.5 Å². The van der Waals surface area contributed by atoms with Crippen LogP contribution >= 0.6 is 0 Å². The predicted molar refractivity (Wildman–Crippen MR) is 73.3 cm³/mol. The van der Waals surface area contributed by atoms with Crippen molar-refractivity contribution in [2.45, 2.75) is 45.8 Å². The van der Waals surface area contributed by atoms with Crippen molar-refractivity contribution in [1.29, 1.82) is 0 Å². The molecule has 0 aliphatic carbocycles. The maximum absolute atomic E-state index is 12.1. The van der Waals surface area contributed by atoms with E-state index in [0.717, 1.165) is 16.9 Å². The van der Waals surface area contributed by atoms with E-state index in [2.05, 4.69) is 18.3 Å². The number of carbonyl (C=O) groups is 1. The summed E-state index contributed by atoms with van der Waals surface area (Å²) in [4.78, 5) is 12.1. The smallest absolute Gasteiger partial charge is 0.261 e. The third-order valence-electron chi connectivity index (χ3n) is 3.50. The van der Waals surface area contributed by atoms with Gasteiger partial charge in [0.15, 0.2) is 6.10 Å². The van der Waals surface area contributed by atoms with E-state index < -0.39 is 11.6 Å². The Morgan fingerprint density at radius 2 is 2.05 bits per heavy atom. The van der Waals surface area contributed by atoms with E-state index >= 15 is 0 Å². The molecule has 104 valence electrons. The Bertz CT molecular complexity index is 477. The maximum Gasteiger partial charge on any atom is 0.261 e. The largest absolute Gasteiger partial charge is 0.480 e. The normalized spacial score (nSPS) is 17.8. The minimum Gasteiger partial charge on any atom is -0.480 e. The van der Waals surface area contributed by atoms with Gasteiger partial charge in [-0.2, -0.15) is 0 Å². The molecule has 1 aromatic carbocycles. The number of aliphatic hydroxyl groups excluding tert-OH is 1. The quantitative estimate of drug-likeness (QED) is 0.868. The van der Waals surface area contributed by atoms with Gasteiger partial charge in [-0.3, -0.25) is 4.79 Å². The summed E-state index contributed by atoms with van der Waals surface area (Å²) < 4.78 is 5.70. The number of benzene rings is 1. The Labute approximate surface area is 113 Å². The van der Waals surface area contributed by atoms with Gasteiger partial charge in [-0.25, -0.2) is 0 Å². The molecule has 1 aliphatic rings. The number of aryl methyl sites for hydroxylation is 2. The molecule has 2 N–H and O–H groups in total. The summed E-state index contributed by atoms with van der Waals surface area (Å²) in [7, 11) is 0. The fraction of sp³-hybridized carbons (Fsp3) is 0.533. The lowest BCUT2D eigenvalue weighted by Crippen LogP contribution is -2.51. The molecule has 4 nitrogen and oxygen atoms in total. The van der Waals surface area contributed by atoms with Crippen molar-refractivity contribution < 1.29 is 14.6 Å². The molecule has 1 aliphatic heterocycles. The number of ether oxygens (including phenoxy) is 1. The van der Waals surface area contributed by atoms with Crippen molar-refractivity contribution in [2.75, 3.05) is 6.61 Å². The van der Waals surface area contributed by atoms with Crippen molar-refractivity contribution >= 4 is 5.91 Å². The first kappa shape index (κ1) is 13.9. The van der Waals surface area contributed by atoms with E-state index in [1.54, 1.807) is 13.8 Å². The Kier molecular flexibility index (Phi) is 3.54. The summed E-state index contributed by atoms with van der Waals surface area (Å²) in [6.07, 6.45) is 0.0890. The standard InChI is InChI=1S/C15H21NO3/c1-9-5-11-7-13(19-12(11)6-10(9)2)14(18)16-15(3,4)8-17/h5-6,13,17H,7-8H2,1-4H3,(H,16,18). The van der Waals surface area contributed by atoms with Gasteiger partial charge in [-0.1, -0.05) is 6.07 Å². The molecule has 1 heterocycles.